The topological polar surface area (TPSA) is 41.1 Å². The smallest absolute Gasteiger partial charge is 0.350 e. The second-order valence-electron chi connectivity index (χ2n) is 9.25. The van der Waals surface area contributed by atoms with Crippen molar-refractivity contribution in [1.82, 2.24) is 10.6 Å². The maximum absolute atomic E-state index is 13.5. The molecule has 2 aromatic carbocycles. The molecule has 2 N–H and O–H groups in total. The molecule has 1 aliphatic heterocycles. The maximum atomic E-state index is 13.5. The highest BCUT2D eigenvalue weighted by atomic mass is 19.4. The van der Waals surface area contributed by atoms with E-state index in [1.54, 1.807) is 12.1 Å². The molecule has 192 valence electrons. The molecule has 2 aromatic rings. The van der Waals surface area contributed by atoms with Crippen LogP contribution in [-0.2, 0) is 22.6 Å². The summed E-state index contributed by atoms with van der Waals surface area (Å²) in [4.78, 5) is 13.0. The van der Waals surface area contributed by atoms with Gasteiger partial charge < -0.3 is 10.6 Å². The molecule has 1 heterocycles. The van der Waals surface area contributed by atoms with Crippen LogP contribution in [0.4, 0.5) is 30.7 Å². The molecule has 1 fully saturated rings. The lowest BCUT2D eigenvalue weighted by molar-refractivity contribution is -0.143. The number of alkyl halides is 6. The van der Waals surface area contributed by atoms with Crippen LogP contribution < -0.4 is 10.6 Å². The van der Waals surface area contributed by atoms with E-state index in [0.717, 1.165) is 31.5 Å². The average molecular weight is 504 g/mol. The number of carbonyl (C=O) groups is 1. The van der Waals surface area contributed by atoms with Gasteiger partial charge >= 0.3 is 12.4 Å². The van der Waals surface area contributed by atoms with E-state index in [1.807, 2.05) is 6.92 Å². The van der Waals surface area contributed by atoms with Gasteiger partial charge in [0.1, 0.15) is 5.82 Å². The van der Waals surface area contributed by atoms with Crippen LogP contribution in [0.2, 0.25) is 0 Å². The SMILES string of the molecule is C[C@H](NC(=O)CC(C)(c1ccc(F)cc1)C1CCNCC1)c1cc(C(F)(F)F)cc(C(F)(F)F)c1. The van der Waals surface area contributed by atoms with E-state index in [1.165, 1.54) is 19.1 Å². The zero-order valence-electron chi connectivity index (χ0n) is 19.3. The molecule has 3 rings (SSSR count). The molecule has 0 bridgehead atoms. The lowest BCUT2D eigenvalue weighted by Crippen LogP contribution is -2.43. The number of hydrogen-bond donors (Lipinski definition) is 2. The van der Waals surface area contributed by atoms with E-state index in [0.29, 0.717) is 12.1 Å². The molecule has 0 aromatic heterocycles. The molecule has 0 radical (unpaired) electrons. The van der Waals surface area contributed by atoms with Crippen LogP contribution in [0, 0.1) is 11.7 Å². The number of rotatable bonds is 6. The van der Waals surface area contributed by atoms with Crippen molar-refractivity contribution in [1.29, 1.82) is 0 Å². The molecule has 1 saturated heterocycles. The molecular formula is C25H27F7N2O. The van der Waals surface area contributed by atoms with Crippen LogP contribution in [0.5, 0.6) is 0 Å². The summed E-state index contributed by atoms with van der Waals surface area (Å²) in [5.74, 6) is -0.876. The monoisotopic (exact) mass is 504 g/mol. The van der Waals surface area contributed by atoms with Gasteiger partial charge in [0.15, 0.2) is 0 Å². The van der Waals surface area contributed by atoms with Crippen LogP contribution in [0.25, 0.3) is 0 Å². The predicted octanol–water partition coefficient (Wildman–Crippen LogP) is 6.39. The Morgan fingerprint density at radius 3 is 1.94 bits per heavy atom. The van der Waals surface area contributed by atoms with Crippen molar-refractivity contribution in [3.63, 3.8) is 0 Å². The standard InChI is InChI=1S/C25H27F7N2O/c1-15(16-11-19(24(27,28)29)13-20(12-16)25(30,31)32)34-22(35)14-23(2,18-7-9-33-10-8-18)17-3-5-21(26)6-4-17/h3-6,11-13,15,18,33H,7-10,14H2,1-2H3,(H,34,35)/t15-,23?/m0/s1. The third-order valence-corrected chi connectivity index (χ3v) is 6.76. The van der Waals surface area contributed by atoms with Crippen molar-refractivity contribution in [2.75, 3.05) is 13.1 Å². The zero-order chi connectivity index (χ0) is 26.0. The Bertz CT molecular complexity index is 995. The third-order valence-electron chi connectivity index (χ3n) is 6.76. The van der Waals surface area contributed by atoms with Gasteiger partial charge in [-0.05, 0) is 80.2 Å². The number of piperidine rings is 1. The molecule has 10 heteroatoms. The Kier molecular flexibility index (Phi) is 7.83. The van der Waals surface area contributed by atoms with Gasteiger partial charge in [0.25, 0.3) is 0 Å². The van der Waals surface area contributed by atoms with E-state index in [2.05, 4.69) is 10.6 Å². The summed E-state index contributed by atoms with van der Waals surface area (Å²) in [6.07, 6.45) is -8.48. The summed E-state index contributed by atoms with van der Waals surface area (Å²) in [5.41, 5.74) is -3.13. The maximum Gasteiger partial charge on any atom is 0.416 e. The van der Waals surface area contributed by atoms with Crippen molar-refractivity contribution in [3.8, 4) is 0 Å². The zero-order valence-corrected chi connectivity index (χ0v) is 19.3. The third kappa shape index (κ3) is 6.54. The minimum atomic E-state index is -4.98. The lowest BCUT2D eigenvalue weighted by Gasteiger charge is -2.40. The second kappa shape index (κ2) is 10.2. The van der Waals surface area contributed by atoms with Gasteiger partial charge in [0, 0.05) is 11.8 Å². The van der Waals surface area contributed by atoms with E-state index in [4.69, 9.17) is 0 Å². The van der Waals surface area contributed by atoms with Gasteiger partial charge in [0.2, 0.25) is 5.91 Å². The Hall–Kier alpha value is -2.62. The Morgan fingerprint density at radius 2 is 1.46 bits per heavy atom. The van der Waals surface area contributed by atoms with Crippen molar-refractivity contribution >= 4 is 5.91 Å². The lowest BCUT2D eigenvalue weighted by atomic mass is 9.66. The van der Waals surface area contributed by atoms with Gasteiger partial charge in [0.05, 0.1) is 17.2 Å². The molecule has 0 spiro atoms. The highest BCUT2D eigenvalue weighted by Gasteiger charge is 2.40. The van der Waals surface area contributed by atoms with Crippen molar-refractivity contribution in [3.05, 3.63) is 70.5 Å². The Morgan fingerprint density at radius 1 is 0.943 bits per heavy atom. The van der Waals surface area contributed by atoms with Gasteiger partial charge in [-0.1, -0.05) is 19.1 Å². The van der Waals surface area contributed by atoms with E-state index in [9.17, 15) is 35.5 Å². The normalized spacial score (nSPS) is 18.1. The number of amides is 1. The van der Waals surface area contributed by atoms with E-state index >= 15 is 0 Å². The fourth-order valence-corrected chi connectivity index (χ4v) is 4.71. The highest BCUT2D eigenvalue weighted by Crippen LogP contribution is 2.41. The van der Waals surface area contributed by atoms with Crippen molar-refractivity contribution < 1.29 is 35.5 Å². The summed E-state index contributed by atoms with van der Waals surface area (Å²) in [7, 11) is 0. The molecule has 1 aliphatic rings. The first-order chi connectivity index (χ1) is 16.2. The quantitative estimate of drug-likeness (QED) is 0.448. The van der Waals surface area contributed by atoms with Gasteiger partial charge in [-0.25, -0.2) is 4.39 Å². The van der Waals surface area contributed by atoms with Crippen molar-refractivity contribution in [2.24, 2.45) is 5.92 Å². The minimum absolute atomic E-state index is 0.0563. The first kappa shape index (κ1) is 27.0. The van der Waals surface area contributed by atoms with Crippen molar-refractivity contribution in [2.45, 2.75) is 56.9 Å². The number of benzene rings is 2. The first-order valence-electron chi connectivity index (χ1n) is 11.3. The molecule has 1 unspecified atom stereocenters. The van der Waals surface area contributed by atoms with E-state index < -0.39 is 46.7 Å². The minimum Gasteiger partial charge on any atom is -0.350 e. The van der Waals surface area contributed by atoms with Crippen LogP contribution in [0.3, 0.4) is 0 Å². The number of nitrogens with one attached hydrogen (secondary N) is 2. The number of halogens is 7. The molecular weight excluding hydrogens is 477 g/mol. The van der Waals surface area contributed by atoms with Crippen LogP contribution in [-0.4, -0.2) is 19.0 Å². The average Bonchev–Trinajstić information content (AvgIpc) is 2.78. The molecule has 0 aliphatic carbocycles. The summed E-state index contributed by atoms with van der Waals surface area (Å²) >= 11 is 0. The fraction of sp³-hybridized carbons (Fsp3) is 0.480. The van der Waals surface area contributed by atoms with Crippen LogP contribution >= 0.6 is 0 Å². The summed E-state index contributed by atoms with van der Waals surface area (Å²) < 4.78 is 92.8. The Balaban J connectivity index is 1.86. The summed E-state index contributed by atoms with van der Waals surface area (Å²) in [6.45, 7) is 4.70. The number of hydrogen-bond acceptors (Lipinski definition) is 2. The van der Waals surface area contributed by atoms with Crippen LogP contribution in [0.1, 0.15) is 61.4 Å². The first-order valence-corrected chi connectivity index (χ1v) is 11.3. The summed E-state index contributed by atoms with van der Waals surface area (Å²) in [5, 5.41) is 5.81. The summed E-state index contributed by atoms with van der Waals surface area (Å²) in [6, 6.07) is 6.01. The Labute approximate surface area is 199 Å². The molecule has 0 saturated carbocycles. The fourth-order valence-electron chi connectivity index (χ4n) is 4.71. The second-order valence-corrected chi connectivity index (χ2v) is 9.25. The molecule has 3 nitrogen and oxygen atoms in total. The number of carbonyl (C=O) groups excluding carboxylic acids is 1. The highest BCUT2D eigenvalue weighted by molar-refractivity contribution is 5.78. The largest absolute Gasteiger partial charge is 0.416 e. The molecule has 1 amide bonds. The molecule has 2 atom stereocenters. The van der Waals surface area contributed by atoms with E-state index in [-0.39, 0.29) is 24.0 Å². The van der Waals surface area contributed by atoms with Gasteiger partial charge in [-0.2, -0.15) is 26.3 Å². The predicted molar refractivity (Wildman–Crippen MR) is 117 cm³/mol. The van der Waals surface area contributed by atoms with Gasteiger partial charge in [-0.3, -0.25) is 4.79 Å². The molecule has 35 heavy (non-hydrogen) atoms. The van der Waals surface area contributed by atoms with Crippen LogP contribution in [0.15, 0.2) is 42.5 Å². The van der Waals surface area contributed by atoms with Gasteiger partial charge in [-0.15, -0.1) is 0 Å².